The molecular formula is C21H26FN3O. The lowest BCUT2D eigenvalue weighted by atomic mass is 10.1. The Kier molecular flexibility index (Phi) is 6.58. The molecule has 1 amide bonds. The van der Waals surface area contributed by atoms with Crippen molar-refractivity contribution in [3.05, 3.63) is 59.7 Å². The maximum absolute atomic E-state index is 13.6. The highest BCUT2D eigenvalue weighted by molar-refractivity contribution is 5.93. The fraction of sp³-hybridized carbons (Fsp3) is 0.429. The standard InChI is InChI=1S/C21H26FN3O/c22-19-10-6-5-7-16(19)11-13-24-21(26)20-15-18(12-14-23-20)25-17-8-3-1-2-4-9-17/h5-7,10,12,14-15,17H,1-4,8-9,11,13H2,(H,23,25)(H,24,26). The number of pyridine rings is 1. The van der Waals surface area contributed by atoms with Crippen LogP contribution in [-0.4, -0.2) is 23.5 Å². The summed E-state index contributed by atoms with van der Waals surface area (Å²) in [5.41, 5.74) is 1.92. The van der Waals surface area contributed by atoms with Crippen LogP contribution in [0.15, 0.2) is 42.6 Å². The SMILES string of the molecule is O=C(NCCc1ccccc1F)c1cc(NC2CCCCCC2)ccn1. The van der Waals surface area contributed by atoms with Crippen molar-refractivity contribution < 1.29 is 9.18 Å². The smallest absolute Gasteiger partial charge is 0.269 e. The summed E-state index contributed by atoms with van der Waals surface area (Å²) in [7, 11) is 0. The third-order valence-corrected chi connectivity index (χ3v) is 4.86. The van der Waals surface area contributed by atoms with Gasteiger partial charge in [-0.1, -0.05) is 43.9 Å². The summed E-state index contributed by atoms with van der Waals surface area (Å²) in [5.74, 6) is -0.472. The van der Waals surface area contributed by atoms with Crippen LogP contribution < -0.4 is 10.6 Å². The predicted molar refractivity (Wildman–Crippen MR) is 102 cm³/mol. The normalized spacial score (nSPS) is 15.3. The summed E-state index contributed by atoms with van der Waals surface area (Å²) in [4.78, 5) is 16.5. The van der Waals surface area contributed by atoms with E-state index in [-0.39, 0.29) is 11.7 Å². The highest BCUT2D eigenvalue weighted by Crippen LogP contribution is 2.21. The van der Waals surface area contributed by atoms with Crippen molar-refractivity contribution in [1.29, 1.82) is 0 Å². The van der Waals surface area contributed by atoms with E-state index in [1.165, 1.54) is 44.6 Å². The largest absolute Gasteiger partial charge is 0.382 e. The number of hydrogen-bond donors (Lipinski definition) is 2. The van der Waals surface area contributed by atoms with E-state index in [2.05, 4.69) is 15.6 Å². The molecule has 1 aromatic carbocycles. The number of halogens is 1. The fourth-order valence-corrected chi connectivity index (χ4v) is 3.41. The second kappa shape index (κ2) is 9.32. The molecule has 0 bridgehead atoms. The van der Waals surface area contributed by atoms with Gasteiger partial charge in [-0.15, -0.1) is 0 Å². The Hall–Kier alpha value is -2.43. The summed E-state index contributed by atoms with van der Waals surface area (Å²) < 4.78 is 13.6. The number of carbonyl (C=O) groups excluding carboxylic acids is 1. The molecule has 0 atom stereocenters. The summed E-state index contributed by atoms with van der Waals surface area (Å²) in [6, 6.07) is 10.8. The first-order valence-corrected chi connectivity index (χ1v) is 9.46. The lowest BCUT2D eigenvalue weighted by molar-refractivity contribution is 0.0949. The third-order valence-electron chi connectivity index (χ3n) is 4.86. The number of anilines is 1. The topological polar surface area (TPSA) is 54.0 Å². The van der Waals surface area contributed by atoms with Crippen molar-refractivity contribution in [3.63, 3.8) is 0 Å². The Morgan fingerprint density at radius 1 is 1.12 bits per heavy atom. The molecule has 0 radical (unpaired) electrons. The molecule has 0 saturated heterocycles. The van der Waals surface area contributed by atoms with Crippen LogP contribution in [0.4, 0.5) is 10.1 Å². The van der Waals surface area contributed by atoms with E-state index in [0.717, 1.165) is 5.69 Å². The van der Waals surface area contributed by atoms with Gasteiger partial charge in [-0.05, 0) is 43.0 Å². The van der Waals surface area contributed by atoms with Gasteiger partial charge in [-0.25, -0.2) is 4.39 Å². The summed E-state index contributed by atoms with van der Waals surface area (Å²) in [6.07, 6.45) is 9.59. The second-order valence-electron chi connectivity index (χ2n) is 6.86. The van der Waals surface area contributed by atoms with E-state index in [1.54, 1.807) is 30.5 Å². The van der Waals surface area contributed by atoms with Crippen LogP contribution in [-0.2, 0) is 6.42 Å². The van der Waals surface area contributed by atoms with Gasteiger partial charge in [0, 0.05) is 24.5 Å². The van der Waals surface area contributed by atoms with E-state index >= 15 is 0 Å². The van der Waals surface area contributed by atoms with Gasteiger partial charge in [0.25, 0.3) is 5.91 Å². The first-order valence-electron chi connectivity index (χ1n) is 9.46. The number of benzene rings is 1. The average Bonchev–Trinajstić information content (AvgIpc) is 2.92. The minimum absolute atomic E-state index is 0.231. The summed E-state index contributed by atoms with van der Waals surface area (Å²) in [5, 5.41) is 6.36. The number of nitrogens with zero attached hydrogens (tertiary/aromatic N) is 1. The molecular weight excluding hydrogens is 329 g/mol. The molecule has 138 valence electrons. The number of aromatic nitrogens is 1. The van der Waals surface area contributed by atoms with Gasteiger partial charge >= 0.3 is 0 Å². The number of rotatable bonds is 6. The lowest BCUT2D eigenvalue weighted by Gasteiger charge is -2.17. The minimum Gasteiger partial charge on any atom is -0.382 e. The lowest BCUT2D eigenvalue weighted by Crippen LogP contribution is -2.27. The zero-order chi connectivity index (χ0) is 18.2. The van der Waals surface area contributed by atoms with Gasteiger partial charge in [0.1, 0.15) is 11.5 Å². The zero-order valence-electron chi connectivity index (χ0n) is 15.0. The first-order chi connectivity index (χ1) is 12.7. The summed E-state index contributed by atoms with van der Waals surface area (Å²) in [6.45, 7) is 0.377. The van der Waals surface area contributed by atoms with Crippen molar-refractivity contribution in [3.8, 4) is 0 Å². The minimum atomic E-state index is -0.241. The first kappa shape index (κ1) is 18.4. The van der Waals surface area contributed by atoms with Crippen LogP contribution in [0.3, 0.4) is 0 Å². The Balaban J connectivity index is 1.53. The molecule has 1 aliphatic carbocycles. The molecule has 2 N–H and O–H groups in total. The van der Waals surface area contributed by atoms with Gasteiger partial charge in [0.05, 0.1) is 0 Å². The summed E-state index contributed by atoms with van der Waals surface area (Å²) >= 11 is 0. The predicted octanol–water partition coefficient (Wildman–Crippen LogP) is 4.33. The van der Waals surface area contributed by atoms with Gasteiger partial charge in [0.2, 0.25) is 0 Å². The Morgan fingerprint density at radius 2 is 1.88 bits per heavy atom. The quantitative estimate of drug-likeness (QED) is 0.759. The van der Waals surface area contributed by atoms with Gasteiger partial charge < -0.3 is 10.6 Å². The van der Waals surface area contributed by atoms with E-state index in [4.69, 9.17) is 0 Å². The Labute approximate surface area is 154 Å². The molecule has 5 heteroatoms. The molecule has 2 aromatic rings. The van der Waals surface area contributed by atoms with Crippen LogP contribution in [0.5, 0.6) is 0 Å². The molecule has 4 nitrogen and oxygen atoms in total. The zero-order valence-corrected chi connectivity index (χ0v) is 15.0. The van der Waals surface area contributed by atoms with Crippen molar-refractivity contribution in [2.45, 2.75) is 51.0 Å². The van der Waals surface area contributed by atoms with Crippen molar-refractivity contribution >= 4 is 11.6 Å². The number of nitrogens with one attached hydrogen (secondary N) is 2. The molecule has 0 unspecified atom stereocenters. The van der Waals surface area contributed by atoms with E-state index in [1.807, 2.05) is 6.07 Å². The molecule has 1 aromatic heterocycles. The molecule has 1 aliphatic rings. The van der Waals surface area contributed by atoms with Crippen LogP contribution in [0.1, 0.15) is 54.6 Å². The van der Waals surface area contributed by atoms with Crippen molar-refractivity contribution in [2.75, 3.05) is 11.9 Å². The maximum Gasteiger partial charge on any atom is 0.269 e. The number of hydrogen-bond acceptors (Lipinski definition) is 3. The van der Waals surface area contributed by atoms with E-state index in [0.29, 0.717) is 30.3 Å². The van der Waals surface area contributed by atoms with Crippen LogP contribution >= 0.6 is 0 Å². The fourth-order valence-electron chi connectivity index (χ4n) is 3.41. The van der Waals surface area contributed by atoms with Gasteiger partial charge in [-0.3, -0.25) is 9.78 Å². The molecule has 1 fully saturated rings. The number of amides is 1. The molecule has 26 heavy (non-hydrogen) atoms. The van der Waals surface area contributed by atoms with Crippen molar-refractivity contribution in [1.82, 2.24) is 10.3 Å². The average molecular weight is 355 g/mol. The maximum atomic E-state index is 13.6. The molecule has 3 rings (SSSR count). The third kappa shape index (κ3) is 5.28. The van der Waals surface area contributed by atoms with Gasteiger partial charge in [-0.2, -0.15) is 0 Å². The highest BCUT2D eigenvalue weighted by atomic mass is 19.1. The van der Waals surface area contributed by atoms with E-state index < -0.39 is 0 Å². The van der Waals surface area contributed by atoms with E-state index in [9.17, 15) is 9.18 Å². The molecule has 0 aliphatic heterocycles. The number of carbonyl (C=O) groups is 1. The highest BCUT2D eigenvalue weighted by Gasteiger charge is 2.13. The Bertz CT molecular complexity index is 727. The van der Waals surface area contributed by atoms with Crippen LogP contribution in [0, 0.1) is 5.82 Å². The van der Waals surface area contributed by atoms with Gasteiger partial charge in [0.15, 0.2) is 0 Å². The van der Waals surface area contributed by atoms with Crippen molar-refractivity contribution in [2.24, 2.45) is 0 Å². The monoisotopic (exact) mass is 355 g/mol. The van der Waals surface area contributed by atoms with Crippen LogP contribution in [0.25, 0.3) is 0 Å². The molecule has 1 saturated carbocycles. The van der Waals surface area contributed by atoms with Crippen LogP contribution in [0.2, 0.25) is 0 Å². The molecule has 1 heterocycles. The second-order valence-corrected chi connectivity index (χ2v) is 6.86. The Morgan fingerprint density at radius 3 is 2.65 bits per heavy atom. The molecule has 0 spiro atoms.